The predicted molar refractivity (Wildman–Crippen MR) is 134 cm³/mol. The average molecular weight is 529 g/mol. The van der Waals surface area contributed by atoms with E-state index in [4.69, 9.17) is 19.2 Å². The Morgan fingerprint density at radius 2 is 1.92 bits per heavy atom. The van der Waals surface area contributed by atoms with Gasteiger partial charge in [-0.15, -0.1) is 5.10 Å². The summed E-state index contributed by atoms with van der Waals surface area (Å²) in [7, 11) is 4.64. The molecule has 1 atom stereocenters. The minimum atomic E-state index is -3.20. The minimum Gasteiger partial charge on any atom is -0.497 e. The van der Waals surface area contributed by atoms with Crippen LogP contribution in [0.5, 0.6) is 17.2 Å². The highest BCUT2D eigenvalue weighted by atomic mass is 19.3. The lowest BCUT2D eigenvalue weighted by Gasteiger charge is -2.34. The SMILES string of the molecule is COc1ccc(CNc2nc3c(OC)cccc3c3nc(C4CN(C(=O)O)CC(F)(F)C4)nn23)c(OC)c1. The van der Waals surface area contributed by atoms with E-state index in [1.54, 1.807) is 44.6 Å². The molecule has 2 aromatic heterocycles. The Bertz CT molecular complexity index is 1510. The average Bonchev–Trinajstić information content (AvgIpc) is 3.36. The number of hydrogen-bond acceptors (Lipinski definition) is 8. The summed E-state index contributed by atoms with van der Waals surface area (Å²) in [6.45, 7) is -0.702. The number of carboxylic acid groups (broad SMARTS) is 1. The van der Waals surface area contributed by atoms with Gasteiger partial charge in [-0.3, -0.25) is 0 Å². The van der Waals surface area contributed by atoms with E-state index in [9.17, 15) is 18.7 Å². The van der Waals surface area contributed by atoms with Crippen LogP contribution in [0.2, 0.25) is 0 Å². The van der Waals surface area contributed by atoms with Crippen molar-refractivity contribution in [2.24, 2.45) is 0 Å². The normalized spacial score (nSPS) is 17.0. The van der Waals surface area contributed by atoms with Crippen LogP contribution in [0.15, 0.2) is 36.4 Å². The summed E-state index contributed by atoms with van der Waals surface area (Å²) < 4.78 is 46.6. The Balaban J connectivity index is 1.59. The number of benzene rings is 2. The molecule has 2 aromatic carbocycles. The highest BCUT2D eigenvalue weighted by Crippen LogP contribution is 2.36. The van der Waals surface area contributed by atoms with E-state index in [0.29, 0.717) is 51.2 Å². The van der Waals surface area contributed by atoms with Crippen LogP contribution in [-0.4, -0.2) is 76.0 Å². The van der Waals surface area contributed by atoms with Gasteiger partial charge in [0, 0.05) is 42.4 Å². The summed E-state index contributed by atoms with van der Waals surface area (Å²) in [4.78, 5) is 21.5. The van der Waals surface area contributed by atoms with Crippen LogP contribution in [0.4, 0.5) is 19.5 Å². The Morgan fingerprint density at radius 1 is 1.13 bits per heavy atom. The van der Waals surface area contributed by atoms with E-state index in [1.165, 1.54) is 11.6 Å². The smallest absolute Gasteiger partial charge is 0.407 e. The number of para-hydroxylation sites is 1. The first-order valence-corrected chi connectivity index (χ1v) is 11.8. The number of anilines is 1. The number of amides is 1. The maximum Gasteiger partial charge on any atom is 0.407 e. The first-order valence-electron chi connectivity index (χ1n) is 11.8. The molecule has 1 aliphatic rings. The van der Waals surface area contributed by atoms with Crippen molar-refractivity contribution in [1.29, 1.82) is 0 Å². The summed E-state index contributed by atoms with van der Waals surface area (Å²) >= 11 is 0. The number of nitrogens with one attached hydrogen (secondary N) is 1. The van der Waals surface area contributed by atoms with Crippen LogP contribution in [0.3, 0.4) is 0 Å². The number of methoxy groups -OCH3 is 3. The summed E-state index contributed by atoms with van der Waals surface area (Å²) in [6.07, 6.45) is -1.97. The number of nitrogens with zero attached hydrogens (tertiary/aromatic N) is 5. The molecule has 2 N–H and O–H groups in total. The lowest BCUT2D eigenvalue weighted by Crippen LogP contribution is -2.48. The molecule has 5 rings (SSSR count). The van der Waals surface area contributed by atoms with Gasteiger partial charge < -0.3 is 29.5 Å². The van der Waals surface area contributed by atoms with Gasteiger partial charge in [0.2, 0.25) is 5.95 Å². The first-order chi connectivity index (χ1) is 18.2. The molecular formula is C25H26F2N6O5. The van der Waals surface area contributed by atoms with Crippen LogP contribution in [0.1, 0.15) is 23.7 Å². The van der Waals surface area contributed by atoms with E-state index in [2.05, 4.69) is 15.4 Å². The maximum atomic E-state index is 14.4. The lowest BCUT2D eigenvalue weighted by molar-refractivity contribution is -0.0659. The third-order valence-electron chi connectivity index (χ3n) is 6.48. The van der Waals surface area contributed by atoms with Crippen LogP contribution in [-0.2, 0) is 6.54 Å². The number of alkyl halides is 2. The van der Waals surface area contributed by atoms with Gasteiger partial charge in [-0.2, -0.15) is 4.52 Å². The third-order valence-corrected chi connectivity index (χ3v) is 6.48. The molecule has 13 heteroatoms. The zero-order chi connectivity index (χ0) is 27.0. The number of carbonyl (C=O) groups is 1. The molecule has 3 heterocycles. The predicted octanol–water partition coefficient (Wildman–Crippen LogP) is 4.02. The van der Waals surface area contributed by atoms with Gasteiger partial charge in [0.05, 0.1) is 27.9 Å². The van der Waals surface area contributed by atoms with Gasteiger partial charge in [-0.1, -0.05) is 6.07 Å². The highest BCUT2D eigenvalue weighted by Gasteiger charge is 2.44. The maximum absolute atomic E-state index is 14.4. The van der Waals surface area contributed by atoms with Crippen LogP contribution >= 0.6 is 0 Å². The quantitative estimate of drug-likeness (QED) is 0.366. The molecule has 0 saturated carbocycles. The molecule has 1 saturated heterocycles. The Morgan fingerprint density at radius 3 is 2.63 bits per heavy atom. The van der Waals surface area contributed by atoms with Crippen LogP contribution < -0.4 is 19.5 Å². The second-order valence-electron chi connectivity index (χ2n) is 8.95. The van der Waals surface area contributed by atoms with Gasteiger partial charge >= 0.3 is 6.09 Å². The Labute approximate surface area is 215 Å². The zero-order valence-electron chi connectivity index (χ0n) is 20.9. The van der Waals surface area contributed by atoms with Crippen molar-refractivity contribution in [1.82, 2.24) is 24.5 Å². The van der Waals surface area contributed by atoms with Crippen molar-refractivity contribution in [2.45, 2.75) is 24.8 Å². The molecule has 0 aliphatic carbocycles. The van der Waals surface area contributed by atoms with E-state index in [-0.39, 0.29) is 12.4 Å². The number of piperidine rings is 1. The fraction of sp³-hybridized carbons (Fsp3) is 0.360. The van der Waals surface area contributed by atoms with Gasteiger partial charge in [0.15, 0.2) is 11.5 Å². The van der Waals surface area contributed by atoms with E-state index >= 15 is 0 Å². The number of ether oxygens (including phenoxy) is 3. The van der Waals surface area contributed by atoms with Crippen molar-refractivity contribution in [3.05, 3.63) is 47.8 Å². The molecule has 200 valence electrons. The molecule has 1 amide bonds. The van der Waals surface area contributed by atoms with Crippen molar-refractivity contribution < 1.29 is 32.9 Å². The van der Waals surface area contributed by atoms with Crippen molar-refractivity contribution >= 4 is 28.6 Å². The topological polar surface area (TPSA) is 123 Å². The third kappa shape index (κ3) is 4.66. The lowest BCUT2D eigenvalue weighted by atomic mass is 9.95. The van der Waals surface area contributed by atoms with Crippen LogP contribution in [0.25, 0.3) is 16.6 Å². The number of likely N-dealkylation sites (tertiary alicyclic amines) is 1. The summed E-state index contributed by atoms with van der Waals surface area (Å²) in [5, 5.41) is 17.7. The highest BCUT2D eigenvalue weighted by molar-refractivity contribution is 5.96. The molecule has 0 radical (unpaired) electrons. The van der Waals surface area contributed by atoms with Crippen molar-refractivity contribution in [3.8, 4) is 17.2 Å². The molecule has 1 aliphatic heterocycles. The molecule has 4 aromatic rings. The van der Waals surface area contributed by atoms with E-state index in [1.807, 2.05) is 6.07 Å². The number of fused-ring (bicyclic) bond motifs is 3. The number of hydrogen-bond donors (Lipinski definition) is 2. The molecule has 38 heavy (non-hydrogen) atoms. The Hall–Kier alpha value is -4.42. The molecule has 0 spiro atoms. The number of rotatable bonds is 7. The summed E-state index contributed by atoms with van der Waals surface area (Å²) in [5.41, 5.74) is 1.70. The minimum absolute atomic E-state index is 0.109. The number of halogens is 2. The summed E-state index contributed by atoms with van der Waals surface area (Å²) in [6, 6.07) is 10.7. The van der Waals surface area contributed by atoms with Gasteiger partial charge in [0.25, 0.3) is 5.92 Å². The van der Waals surface area contributed by atoms with Crippen LogP contribution in [0, 0.1) is 0 Å². The standard InChI is InChI=1S/C25H26F2N6O5/c1-36-16-8-7-14(19(9-16)38-3)11-28-23-29-20-17(5-4-6-18(20)37-2)22-30-21(31-33(22)23)15-10-25(26,27)13-32(12-15)24(34)35/h4-9,15H,10-13H2,1-3H3,(H,28,29)(H,34,35). The monoisotopic (exact) mass is 528 g/mol. The molecule has 1 fully saturated rings. The van der Waals surface area contributed by atoms with E-state index in [0.717, 1.165) is 5.56 Å². The van der Waals surface area contributed by atoms with Gasteiger partial charge in [0.1, 0.15) is 22.8 Å². The Kier molecular flexibility index (Phi) is 6.51. The fourth-order valence-corrected chi connectivity index (χ4v) is 4.66. The van der Waals surface area contributed by atoms with Crippen molar-refractivity contribution in [2.75, 3.05) is 39.7 Å². The molecule has 11 nitrogen and oxygen atoms in total. The zero-order valence-corrected chi connectivity index (χ0v) is 20.9. The first kappa shape index (κ1) is 25.2. The molecule has 1 unspecified atom stereocenters. The molecular weight excluding hydrogens is 502 g/mol. The second kappa shape index (κ2) is 9.80. The largest absolute Gasteiger partial charge is 0.497 e. The van der Waals surface area contributed by atoms with Crippen molar-refractivity contribution in [3.63, 3.8) is 0 Å². The molecule has 0 bridgehead atoms. The number of aromatic nitrogens is 4. The van der Waals surface area contributed by atoms with E-state index < -0.39 is 30.9 Å². The fourth-order valence-electron chi connectivity index (χ4n) is 4.66. The van der Waals surface area contributed by atoms with Gasteiger partial charge in [-0.05, 0) is 24.3 Å². The summed E-state index contributed by atoms with van der Waals surface area (Å²) in [5.74, 6) is -1.95. The van der Waals surface area contributed by atoms with Gasteiger partial charge in [-0.25, -0.2) is 23.5 Å². The second-order valence-corrected chi connectivity index (χ2v) is 8.95.